The molecule has 0 fully saturated rings. The Hall–Kier alpha value is -1.39. The molecule has 0 radical (unpaired) electrons. The van der Waals surface area contributed by atoms with Crippen LogP contribution in [-0.2, 0) is 6.42 Å². The van der Waals surface area contributed by atoms with E-state index in [-0.39, 0.29) is 12.4 Å². The highest BCUT2D eigenvalue weighted by molar-refractivity contribution is 7.13. The maximum Gasteiger partial charge on any atom is 0.127 e. The number of thiazole rings is 1. The van der Waals surface area contributed by atoms with E-state index in [4.69, 9.17) is 5.11 Å². The lowest BCUT2D eigenvalue weighted by molar-refractivity contribution is 0.298. The number of hydrogen-bond acceptors (Lipinski definition) is 4. The summed E-state index contributed by atoms with van der Waals surface area (Å²) in [5.41, 5.74) is 1.60. The van der Waals surface area contributed by atoms with Crippen molar-refractivity contribution in [3.63, 3.8) is 0 Å². The summed E-state index contributed by atoms with van der Waals surface area (Å²) in [6, 6.07) is 7.11. The minimum absolute atomic E-state index is 0.101. The molecule has 78 valence electrons. The molecule has 0 saturated carbocycles. The predicted octanol–water partition coefficient (Wildman–Crippen LogP) is 2.05. The molecule has 0 spiro atoms. The number of rotatable bonds is 3. The van der Waals surface area contributed by atoms with Gasteiger partial charge in [-0.3, -0.25) is 0 Å². The Morgan fingerprint density at radius 3 is 2.80 bits per heavy atom. The fraction of sp³-hybridized carbons (Fsp3) is 0.182. The fourth-order valence-corrected chi connectivity index (χ4v) is 2.20. The Kier molecular flexibility index (Phi) is 2.99. The number of aromatic hydroxyl groups is 1. The largest absolute Gasteiger partial charge is 0.507 e. The van der Waals surface area contributed by atoms with Gasteiger partial charge in [0, 0.05) is 18.4 Å². The number of phenolic OH excluding ortho intramolecular Hbond substituents is 1. The summed E-state index contributed by atoms with van der Waals surface area (Å²) in [5, 5.41) is 21.1. The first-order valence-electron chi connectivity index (χ1n) is 4.65. The van der Waals surface area contributed by atoms with Crippen molar-refractivity contribution in [3.8, 4) is 16.3 Å². The van der Waals surface area contributed by atoms with Gasteiger partial charge in [0.2, 0.25) is 0 Å². The molecule has 4 heteroatoms. The number of aromatic nitrogens is 1. The third kappa shape index (κ3) is 2.16. The smallest absolute Gasteiger partial charge is 0.127 e. The predicted molar refractivity (Wildman–Crippen MR) is 60.0 cm³/mol. The van der Waals surface area contributed by atoms with E-state index >= 15 is 0 Å². The van der Waals surface area contributed by atoms with Crippen molar-refractivity contribution in [2.45, 2.75) is 6.42 Å². The number of phenols is 1. The van der Waals surface area contributed by atoms with E-state index in [1.54, 1.807) is 12.1 Å². The van der Waals surface area contributed by atoms with Crippen molar-refractivity contribution < 1.29 is 10.2 Å². The second-order valence-corrected chi connectivity index (χ2v) is 3.99. The summed E-state index contributed by atoms with van der Waals surface area (Å²) in [6.07, 6.45) is 0.560. The van der Waals surface area contributed by atoms with Crippen molar-refractivity contribution >= 4 is 11.3 Å². The summed E-state index contributed by atoms with van der Waals surface area (Å²) in [4.78, 5) is 4.33. The topological polar surface area (TPSA) is 53.4 Å². The molecule has 3 nitrogen and oxygen atoms in total. The highest BCUT2D eigenvalue weighted by atomic mass is 32.1. The Morgan fingerprint density at radius 1 is 1.27 bits per heavy atom. The van der Waals surface area contributed by atoms with E-state index in [1.165, 1.54) is 11.3 Å². The Labute approximate surface area is 91.7 Å². The quantitative estimate of drug-likeness (QED) is 0.834. The van der Waals surface area contributed by atoms with E-state index in [2.05, 4.69) is 4.98 Å². The summed E-state index contributed by atoms with van der Waals surface area (Å²) in [7, 11) is 0. The number of aliphatic hydroxyl groups excluding tert-OH is 1. The molecule has 0 bridgehead atoms. The van der Waals surface area contributed by atoms with Crippen LogP contribution in [0.25, 0.3) is 10.6 Å². The van der Waals surface area contributed by atoms with Crippen molar-refractivity contribution in [2.75, 3.05) is 6.61 Å². The summed E-state index contributed by atoms with van der Waals surface area (Å²) in [6.45, 7) is 0.101. The van der Waals surface area contributed by atoms with Crippen LogP contribution in [0.3, 0.4) is 0 Å². The van der Waals surface area contributed by atoms with Gasteiger partial charge in [-0.05, 0) is 12.1 Å². The lowest BCUT2D eigenvalue weighted by atomic mass is 10.2. The molecule has 0 aliphatic rings. The first kappa shape index (κ1) is 10.1. The number of aliphatic hydroxyl groups is 1. The molecule has 0 saturated heterocycles. The molecule has 0 unspecified atom stereocenters. The van der Waals surface area contributed by atoms with Crippen LogP contribution < -0.4 is 0 Å². The highest BCUT2D eigenvalue weighted by Gasteiger charge is 2.07. The number of benzene rings is 1. The van der Waals surface area contributed by atoms with Gasteiger partial charge in [-0.1, -0.05) is 12.1 Å². The van der Waals surface area contributed by atoms with Gasteiger partial charge in [0.05, 0.1) is 11.3 Å². The molecule has 2 N–H and O–H groups in total. The number of para-hydroxylation sites is 1. The summed E-state index contributed by atoms with van der Waals surface area (Å²) >= 11 is 1.47. The summed E-state index contributed by atoms with van der Waals surface area (Å²) < 4.78 is 0. The lowest BCUT2D eigenvalue weighted by Gasteiger charge is -1.98. The lowest BCUT2D eigenvalue weighted by Crippen LogP contribution is -1.90. The zero-order chi connectivity index (χ0) is 10.7. The van der Waals surface area contributed by atoms with E-state index in [0.717, 1.165) is 16.3 Å². The molecule has 0 amide bonds. The Morgan fingerprint density at radius 2 is 2.07 bits per heavy atom. The average molecular weight is 221 g/mol. The number of nitrogens with zero attached hydrogens (tertiary/aromatic N) is 1. The first-order chi connectivity index (χ1) is 7.31. The van der Waals surface area contributed by atoms with Crippen molar-refractivity contribution in [1.29, 1.82) is 0 Å². The molecule has 0 aliphatic carbocycles. The third-order valence-corrected chi connectivity index (χ3v) is 2.98. The third-order valence-electron chi connectivity index (χ3n) is 2.05. The standard InChI is InChI=1S/C11H11NO2S/c13-6-5-8-7-15-11(12-8)9-3-1-2-4-10(9)14/h1-4,7,13-14H,5-6H2. The van der Waals surface area contributed by atoms with Gasteiger partial charge < -0.3 is 10.2 Å². The van der Waals surface area contributed by atoms with Crippen molar-refractivity contribution in [1.82, 2.24) is 4.98 Å². The zero-order valence-corrected chi connectivity index (χ0v) is 8.87. The first-order valence-corrected chi connectivity index (χ1v) is 5.53. The second-order valence-electron chi connectivity index (χ2n) is 3.13. The van der Waals surface area contributed by atoms with Crippen LogP contribution in [-0.4, -0.2) is 21.8 Å². The van der Waals surface area contributed by atoms with Crippen LogP contribution in [0.5, 0.6) is 5.75 Å². The Balaban J connectivity index is 2.33. The monoisotopic (exact) mass is 221 g/mol. The molecule has 2 aromatic rings. The molecule has 0 aliphatic heterocycles. The minimum atomic E-state index is 0.101. The Bertz CT molecular complexity index is 453. The van der Waals surface area contributed by atoms with E-state index < -0.39 is 0 Å². The average Bonchev–Trinajstić information content (AvgIpc) is 2.68. The van der Waals surface area contributed by atoms with Gasteiger partial charge in [0.15, 0.2) is 0 Å². The normalized spacial score (nSPS) is 10.5. The second kappa shape index (κ2) is 4.42. The van der Waals surface area contributed by atoms with Crippen LogP contribution in [0.1, 0.15) is 5.69 Å². The molecular weight excluding hydrogens is 210 g/mol. The SMILES string of the molecule is OCCc1csc(-c2ccccc2O)n1. The van der Waals surface area contributed by atoms with Crippen molar-refractivity contribution in [2.24, 2.45) is 0 Å². The highest BCUT2D eigenvalue weighted by Crippen LogP contribution is 2.30. The molecule has 1 aromatic carbocycles. The van der Waals surface area contributed by atoms with Crippen LogP contribution in [0.4, 0.5) is 0 Å². The summed E-state index contributed by atoms with van der Waals surface area (Å²) in [5.74, 6) is 0.238. The maximum absolute atomic E-state index is 9.62. The minimum Gasteiger partial charge on any atom is -0.507 e. The molecule has 15 heavy (non-hydrogen) atoms. The zero-order valence-electron chi connectivity index (χ0n) is 8.05. The molecule has 2 rings (SSSR count). The van der Waals surface area contributed by atoms with Crippen LogP contribution in [0.2, 0.25) is 0 Å². The van der Waals surface area contributed by atoms with Crippen LogP contribution >= 0.6 is 11.3 Å². The van der Waals surface area contributed by atoms with Gasteiger partial charge in [-0.25, -0.2) is 4.98 Å². The van der Waals surface area contributed by atoms with Gasteiger partial charge in [-0.2, -0.15) is 0 Å². The molecule has 0 atom stereocenters. The molecular formula is C11H11NO2S. The molecule has 1 heterocycles. The van der Waals surface area contributed by atoms with E-state index in [1.807, 2.05) is 17.5 Å². The van der Waals surface area contributed by atoms with Gasteiger partial charge in [0.1, 0.15) is 10.8 Å². The van der Waals surface area contributed by atoms with Crippen molar-refractivity contribution in [3.05, 3.63) is 35.3 Å². The van der Waals surface area contributed by atoms with E-state index in [0.29, 0.717) is 6.42 Å². The van der Waals surface area contributed by atoms with E-state index in [9.17, 15) is 5.11 Å². The van der Waals surface area contributed by atoms with Gasteiger partial charge in [0.25, 0.3) is 0 Å². The van der Waals surface area contributed by atoms with Crippen LogP contribution in [0.15, 0.2) is 29.6 Å². The van der Waals surface area contributed by atoms with Gasteiger partial charge in [-0.15, -0.1) is 11.3 Å². The fourth-order valence-electron chi connectivity index (χ4n) is 1.31. The molecule has 1 aromatic heterocycles. The maximum atomic E-state index is 9.62. The van der Waals surface area contributed by atoms with Gasteiger partial charge >= 0.3 is 0 Å². The van der Waals surface area contributed by atoms with Crippen LogP contribution in [0, 0.1) is 0 Å². The number of hydrogen-bond donors (Lipinski definition) is 2.